The molecule has 2 N–H and O–H groups in total. The van der Waals surface area contributed by atoms with E-state index in [-0.39, 0.29) is 13.2 Å². The Balaban J connectivity index is 0. The molecule has 0 bridgehead atoms. The third-order valence-corrected chi connectivity index (χ3v) is 2.23. The maximum atomic E-state index is 8.54. The maximum absolute atomic E-state index is 8.54. The molecule has 0 aromatic carbocycles. The maximum Gasteiger partial charge on any atom is 0.0639 e. The van der Waals surface area contributed by atoms with Gasteiger partial charge in [0.1, 0.15) is 0 Å². The van der Waals surface area contributed by atoms with Crippen molar-refractivity contribution in [2.75, 3.05) is 13.2 Å². The molecule has 0 aromatic heterocycles. The SMILES string of the molecule is C=CCC/C=C(/C)CO.C=CCC/C=C(\C)CO. The van der Waals surface area contributed by atoms with Crippen LogP contribution in [0.3, 0.4) is 0 Å². The standard InChI is InChI=1S/2C8H14O/c2*1-3-4-5-6-8(2)7-9/h2*3,6,9H,1,4-5,7H2,2H3/b8-6+;8-6-. The lowest BCUT2D eigenvalue weighted by Crippen LogP contribution is -1.82. The zero-order chi connectivity index (χ0) is 14.2. The minimum atomic E-state index is 0.178. The molecular weight excluding hydrogens is 224 g/mol. The quantitative estimate of drug-likeness (QED) is 0.510. The van der Waals surface area contributed by atoms with Gasteiger partial charge in [0, 0.05) is 0 Å². The predicted octanol–water partition coefficient (Wildman–Crippen LogP) is 3.78. The van der Waals surface area contributed by atoms with Gasteiger partial charge in [0.25, 0.3) is 0 Å². The molecule has 0 saturated carbocycles. The van der Waals surface area contributed by atoms with Gasteiger partial charge in [-0.15, -0.1) is 13.2 Å². The highest BCUT2D eigenvalue weighted by Gasteiger charge is 1.82. The van der Waals surface area contributed by atoms with Gasteiger partial charge >= 0.3 is 0 Å². The number of unbranched alkanes of at least 4 members (excludes halogenated alkanes) is 2. The molecular formula is C16H28O2. The van der Waals surface area contributed by atoms with Gasteiger partial charge in [-0.25, -0.2) is 0 Å². The van der Waals surface area contributed by atoms with E-state index in [1.807, 2.05) is 38.2 Å². The number of rotatable bonds is 8. The molecule has 2 nitrogen and oxygen atoms in total. The largest absolute Gasteiger partial charge is 0.392 e. The molecule has 0 unspecified atom stereocenters. The van der Waals surface area contributed by atoms with Gasteiger partial charge in [-0.3, -0.25) is 0 Å². The molecule has 0 spiro atoms. The van der Waals surface area contributed by atoms with Crippen LogP contribution in [-0.4, -0.2) is 23.4 Å². The Kier molecular flexibility index (Phi) is 17.0. The highest BCUT2D eigenvalue weighted by atomic mass is 16.3. The minimum Gasteiger partial charge on any atom is -0.392 e. The zero-order valence-corrected chi connectivity index (χ0v) is 11.9. The van der Waals surface area contributed by atoms with E-state index in [9.17, 15) is 0 Å². The van der Waals surface area contributed by atoms with Crippen LogP contribution in [0.2, 0.25) is 0 Å². The van der Waals surface area contributed by atoms with Crippen molar-refractivity contribution in [3.8, 4) is 0 Å². The van der Waals surface area contributed by atoms with Gasteiger partial charge in [0.05, 0.1) is 13.2 Å². The first kappa shape index (κ1) is 19.2. The van der Waals surface area contributed by atoms with Gasteiger partial charge in [0.15, 0.2) is 0 Å². The minimum absolute atomic E-state index is 0.178. The lowest BCUT2D eigenvalue weighted by atomic mass is 10.2. The van der Waals surface area contributed by atoms with Crippen molar-refractivity contribution < 1.29 is 10.2 Å². The summed E-state index contributed by atoms with van der Waals surface area (Å²) in [5.74, 6) is 0. The van der Waals surface area contributed by atoms with Crippen LogP contribution in [0.5, 0.6) is 0 Å². The van der Waals surface area contributed by atoms with Crippen LogP contribution in [0.1, 0.15) is 39.5 Å². The van der Waals surface area contributed by atoms with Crippen molar-refractivity contribution in [1.82, 2.24) is 0 Å². The molecule has 0 heterocycles. The predicted molar refractivity (Wildman–Crippen MR) is 80.5 cm³/mol. The average molecular weight is 252 g/mol. The van der Waals surface area contributed by atoms with Gasteiger partial charge in [0.2, 0.25) is 0 Å². The van der Waals surface area contributed by atoms with Gasteiger partial charge in [-0.05, 0) is 39.5 Å². The van der Waals surface area contributed by atoms with Crippen LogP contribution in [0.25, 0.3) is 0 Å². The normalized spacial score (nSPS) is 11.6. The van der Waals surface area contributed by atoms with Crippen LogP contribution in [0, 0.1) is 0 Å². The number of aliphatic hydroxyl groups excluding tert-OH is 2. The molecule has 0 saturated heterocycles. The van der Waals surface area contributed by atoms with E-state index in [4.69, 9.17) is 10.2 Å². The molecule has 0 fully saturated rings. The molecule has 0 atom stereocenters. The Labute approximate surface area is 112 Å². The molecule has 104 valence electrons. The second-order valence-electron chi connectivity index (χ2n) is 4.15. The Morgan fingerprint density at radius 3 is 1.33 bits per heavy atom. The Hall–Kier alpha value is -1.12. The fraction of sp³-hybridized carbons (Fsp3) is 0.500. The fourth-order valence-corrected chi connectivity index (χ4v) is 1.02. The number of allylic oxidation sites excluding steroid dienone is 4. The van der Waals surface area contributed by atoms with Crippen LogP contribution in [0.15, 0.2) is 48.6 Å². The second-order valence-corrected chi connectivity index (χ2v) is 4.15. The lowest BCUT2D eigenvalue weighted by molar-refractivity contribution is 0.330. The van der Waals surface area contributed by atoms with Crippen molar-refractivity contribution in [3.63, 3.8) is 0 Å². The molecule has 0 aliphatic heterocycles. The van der Waals surface area contributed by atoms with E-state index in [0.29, 0.717) is 0 Å². The second kappa shape index (κ2) is 15.9. The highest BCUT2D eigenvalue weighted by molar-refractivity contribution is 4.98. The van der Waals surface area contributed by atoms with Crippen LogP contribution >= 0.6 is 0 Å². The summed E-state index contributed by atoms with van der Waals surface area (Å²) in [7, 11) is 0. The lowest BCUT2D eigenvalue weighted by Gasteiger charge is -1.91. The molecule has 2 heteroatoms. The van der Waals surface area contributed by atoms with E-state index in [1.54, 1.807) is 0 Å². The Morgan fingerprint density at radius 2 is 1.11 bits per heavy atom. The number of hydrogen-bond acceptors (Lipinski definition) is 2. The van der Waals surface area contributed by atoms with Crippen molar-refractivity contribution >= 4 is 0 Å². The number of aliphatic hydroxyl groups is 2. The molecule has 0 aliphatic carbocycles. The first-order chi connectivity index (χ1) is 8.62. The van der Waals surface area contributed by atoms with Crippen LogP contribution in [0.4, 0.5) is 0 Å². The monoisotopic (exact) mass is 252 g/mol. The van der Waals surface area contributed by atoms with E-state index >= 15 is 0 Å². The summed E-state index contributed by atoms with van der Waals surface area (Å²) in [6.07, 6.45) is 11.8. The van der Waals surface area contributed by atoms with Gasteiger partial charge in [-0.2, -0.15) is 0 Å². The Bertz CT molecular complexity index is 234. The summed E-state index contributed by atoms with van der Waals surface area (Å²) in [5.41, 5.74) is 2.08. The Morgan fingerprint density at radius 1 is 0.778 bits per heavy atom. The summed E-state index contributed by atoms with van der Waals surface area (Å²) in [6, 6.07) is 0. The first-order valence-electron chi connectivity index (χ1n) is 6.37. The number of hydrogen-bond donors (Lipinski definition) is 2. The fourth-order valence-electron chi connectivity index (χ4n) is 1.02. The molecule has 0 rings (SSSR count). The highest BCUT2D eigenvalue weighted by Crippen LogP contribution is 1.97. The molecule has 0 radical (unpaired) electrons. The van der Waals surface area contributed by atoms with Crippen molar-refractivity contribution in [2.24, 2.45) is 0 Å². The summed E-state index contributed by atoms with van der Waals surface area (Å²) in [6.45, 7) is 11.4. The first-order valence-corrected chi connectivity index (χ1v) is 6.37. The topological polar surface area (TPSA) is 40.5 Å². The van der Waals surface area contributed by atoms with E-state index in [1.165, 1.54) is 0 Å². The summed E-state index contributed by atoms with van der Waals surface area (Å²) in [4.78, 5) is 0. The van der Waals surface area contributed by atoms with Crippen LogP contribution in [-0.2, 0) is 0 Å². The third kappa shape index (κ3) is 17.3. The molecule has 0 aliphatic rings. The van der Waals surface area contributed by atoms with Crippen LogP contribution < -0.4 is 0 Å². The average Bonchev–Trinajstić information content (AvgIpc) is 2.39. The molecule has 0 amide bonds. The molecule has 18 heavy (non-hydrogen) atoms. The smallest absolute Gasteiger partial charge is 0.0639 e. The van der Waals surface area contributed by atoms with Crippen molar-refractivity contribution in [1.29, 1.82) is 0 Å². The molecule has 0 aromatic rings. The van der Waals surface area contributed by atoms with Gasteiger partial charge in [-0.1, -0.05) is 35.5 Å². The summed E-state index contributed by atoms with van der Waals surface area (Å²) < 4.78 is 0. The van der Waals surface area contributed by atoms with Crippen molar-refractivity contribution in [2.45, 2.75) is 39.5 Å². The van der Waals surface area contributed by atoms with Crippen molar-refractivity contribution in [3.05, 3.63) is 48.6 Å². The third-order valence-electron chi connectivity index (χ3n) is 2.23. The van der Waals surface area contributed by atoms with E-state index in [0.717, 1.165) is 36.8 Å². The summed E-state index contributed by atoms with van der Waals surface area (Å²) >= 11 is 0. The van der Waals surface area contributed by atoms with Gasteiger partial charge < -0.3 is 10.2 Å². The summed E-state index contributed by atoms with van der Waals surface area (Å²) in [5, 5.41) is 17.1. The zero-order valence-electron chi connectivity index (χ0n) is 11.9. The van der Waals surface area contributed by atoms with E-state index in [2.05, 4.69) is 13.2 Å². The van der Waals surface area contributed by atoms with E-state index < -0.39 is 0 Å².